The van der Waals surface area contributed by atoms with Gasteiger partial charge in [0.25, 0.3) is 0 Å². The van der Waals surface area contributed by atoms with Crippen LogP contribution in [-0.4, -0.2) is 36.1 Å². The number of rotatable bonds is 5. The molecule has 0 saturated heterocycles. The number of sulfonamides is 1. The van der Waals surface area contributed by atoms with E-state index in [0.29, 0.717) is 23.3 Å². The zero-order chi connectivity index (χ0) is 21.2. The molecule has 4 bridgehead atoms. The van der Waals surface area contributed by atoms with Gasteiger partial charge in [0.15, 0.2) is 0 Å². The Balaban J connectivity index is 1.52. The van der Waals surface area contributed by atoms with E-state index in [-0.39, 0.29) is 9.92 Å². The molecule has 4 fully saturated rings. The Morgan fingerprint density at radius 2 is 1.79 bits per heavy atom. The van der Waals surface area contributed by atoms with E-state index in [1.807, 2.05) is 0 Å². The highest BCUT2D eigenvalue weighted by molar-refractivity contribution is 7.89. The minimum absolute atomic E-state index is 0.00971. The molecule has 1 amide bonds. The lowest BCUT2D eigenvalue weighted by Gasteiger charge is -2.60. The van der Waals surface area contributed by atoms with Crippen molar-refractivity contribution >= 4 is 39.1 Å². The molecule has 0 radical (unpaired) electrons. The molecule has 6 nitrogen and oxygen atoms in total. The molecule has 0 heterocycles. The summed E-state index contributed by atoms with van der Waals surface area (Å²) in [6.45, 7) is 3.05. The molecule has 0 spiro atoms. The first-order valence-electron chi connectivity index (χ1n) is 9.86. The Morgan fingerprint density at radius 3 is 2.34 bits per heavy atom. The summed E-state index contributed by atoms with van der Waals surface area (Å²) in [5, 5.41) is 14.3. The van der Waals surface area contributed by atoms with Crippen molar-refractivity contribution in [2.24, 2.45) is 11.8 Å². The lowest BCUT2D eigenvalue weighted by Crippen LogP contribution is -2.68. The maximum absolute atomic E-state index is 13.1. The quantitative estimate of drug-likeness (QED) is 0.628. The smallest absolute Gasteiger partial charge is 0.243 e. The highest BCUT2D eigenvalue weighted by atomic mass is 35.5. The van der Waals surface area contributed by atoms with E-state index in [1.54, 1.807) is 0 Å². The van der Waals surface area contributed by atoms with E-state index in [4.69, 9.17) is 23.2 Å². The van der Waals surface area contributed by atoms with Crippen LogP contribution in [0.2, 0.25) is 10.0 Å². The average Bonchev–Trinajstić information content (AvgIpc) is 2.50. The van der Waals surface area contributed by atoms with Gasteiger partial charge in [-0.1, -0.05) is 23.2 Å². The summed E-state index contributed by atoms with van der Waals surface area (Å²) in [4.78, 5) is 13.0. The van der Waals surface area contributed by atoms with E-state index < -0.39 is 32.6 Å². The molecule has 4 aliphatic carbocycles. The Bertz CT molecular complexity index is 949. The Morgan fingerprint density at radius 1 is 1.17 bits per heavy atom. The van der Waals surface area contributed by atoms with Gasteiger partial charge in [0.2, 0.25) is 15.9 Å². The van der Waals surface area contributed by atoms with Gasteiger partial charge in [-0.05, 0) is 82.4 Å². The maximum Gasteiger partial charge on any atom is 0.243 e. The number of carbonyl (C=O) groups excluding carboxylic acids is 1. The summed E-state index contributed by atoms with van der Waals surface area (Å²) in [7, 11) is -4.04. The normalized spacial score (nSPS) is 33.7. The number of carbonyl (C=O) groups is 1. The molecule has 160 valence electrons. The summed E-state index contributed by atoms with van der Waals surface area (Å²) in [6.07, 6.45) is 4.90. The minimum Gasteiger partial charge on any atom is -0.390 e. The SMILES string of the molecule is CC(C)(NS(=O)(=O)c1ccc(Cl)cc1Cl)C(=O)NC12CC3CC(CC(O)(C3)C1)C2. The van der Waals surface area contributed by atoms with Gasteiger partial charge in [0.05, 0.1) is 10.6 Å². The predicted molar refractivity (Wildman–Crippen MR) is 111 cm³/mol. The Labute approximate surface area is 181 Å². The van der Waals surface area contributed by atoms with E-state index in [2.05, 4.69) is 10.0 Å². The van der Waals surface area contributed by atoms with Crippen molar-refractivity contribution in [1.82, 2.24) is 10.0 Å². The third-order valence-corrected chi connectivity index (χ3v) is 8.92. The van der Waals surface area contributed by atoms with Crippen LogP contribution in [-0.2, 0) is 14.8 Å². The number of halogens is 2. The molecule has 0 aliphatic heterocycles. The van der Waals surface area contributed by atoms with Crippen molar-refractivity contribution in [3.8, 4) is 0 Å². The average molecular weight is 461 g/mol. The van der Waals surface area contributed by atoms with Crippen molar-refractivity contribution in [1.29, 1.82) is 0 Å². The molecule has 0 aromatic heterocycles. The molecule has 4 saturated carbocycles. The van der Waals surface area contributed by atoms with Crippen LogP contribution in [0, 0.1) is 11.8 Å². The van der Waals surface area contributed by atoms with E-state index in [1.165, 1.54) is 32.0 Å². The molecule has 2 unspecified atom stereocenters. The lowest BCUT2D eigenvalue weighted by molar-refractivity contribution is -0.153. The van der Waals surface area contributed by atoms with Crippen LogP contribution in [0.5, 0.6) is 0 Å². The van der Waals surface area contributed by atoms with Crippen molar-refractivity contribution < 1.29 is 18.3 Å². The van der Waals surface area contributed by atoms with Gasteiger partial charge in [-0.25, -0.2) is 8.42 Å². The van der Waals surface area contributed by atoms with Gasteiger partial charge in [0.1, 0.15) is 10.4 Å². The first-order chi connectivity index (χ1) is 13.3. The zero-order valence-corrected chi connectivity index (χ0v) is 18.8. The number of hydrogen-bond donors (Lipinski definition) is 3. The van der Waals surface area contributed by atoms with Gasteiger partial charge >= 0.3 is 0 Å². The second-order valence-corrected chi connectivity index (χ2v) is 12.2. The fourth-order valence-corrected chi connectivity index (χ4v) is 8.04. The number of hydrogen-bond acceptors (Lipinski definition) is 4. The van der Waals surface area contributed by atoms with E-state index in [0.717, 1.165) is 32.1 Å². The summed E-state index contributed by atoms with van der Waals surface area (Å²) in [5.74, 6) is 0.417. The summed E-state index contributed by atoms with van der Waals surface area (Å²) >= 11 is 11.9. The van der Waals surface area contributed by atoms with Crippen molar-refractivity contribution in [3.05, 3.63) is 28.2 Å². The molecular formula is C20H26Cl2N2O4S. The standard InChI is InChI=1S/C20H26Cl2N2O4S/c1-18(2,24-29(27,28)16-4-3-14(21)6-15(16)22)17(25)23-19-7-12-5-13(8-19)10-20(26,9-12)11-19/h3-4,6,12-13,24,26H,5,7-11H2,1-2H3,(H,23,25). The third-order valence-electron chi connectivity index (χ3n) is 6.55. The number of aliphatic hydroxyl groups is 1. The second-order valence-electron chi connectivity index (χ2n) is 9.73. The molecule has 9 heteroatoms. The molecule has 3 N–H and O–H groups in total. The van der Waals surface area contributed by atoms with Gasteiger partial charge < -0.3 is 10.4 Å². The number of benzene rings is 1. The van der Waals surface area contributed by atoms with Crippen LogP contribution in [0.1, 0.15) is 52.4 Å². The highest BCUT2D eigenvalue weighted by Gasteiger charge is 2.58. The van der Waals surface area contributed by atoms with Crippen LogP contribution < -0.4 is 10.0 Å². The van der Waals surface area contributed by atoms with Gasteiger partial charge in [-0.3, -0.25) is 4.79 Å². The molecule has 4 aliphatic rings. The predicted octanol–water partition coefficient (Wildman–Crippen LogP) is 3.25. The van der Waals surface area contributed by atoms with Crippen molar-refractivity contribution in [2.45, 2.75) is 73.9 Å². The summed E-state index contributed by atoms with van der Waals surface area (Å²) in [5.41, 5.74) is -2.57. The second kappa shape index (κ2) is 6.82. The summed E-state index contributed by atoms with van der Waals surface area (Å²) < 4.78 is 28.2. The Hall–Kier alpha value is -0.860. The largest absolute Gasteiger partial charge is 0.390 e. The van der Waals surface area contributed by atoms with Crippen LogP contribution >= 0.6 is 23.2 Å². The number of nitrogens with one attached hydrogen (secondary N) is 2. The van der Waals surface area contributed by atoms with Gasteiger partial charge in [0, 0.05) is 10.6 Å². The molecule has 1 aromatic rings. The maximum atomic E-state index is 13.1. The van der Waals surface area contributed by atoms with Crippen molar-refractivity contribution in [3.63, 3.8) is 0 Å². The van der Waals surface area contributed by atoms with E-state index in [9.17, 15) is 18.3 Å². The van der Waals surface area contributed by atoms with Crippen molar-refractivity contribution in [2.75, 3.05) is 0 Å². The topological polar surface area (TPSA) is 95.5 Å². The molecule has 1 aromatic carbocycles. The number of amides is 1. The monoisotopic (exact) mass is 460 g/mol. The lowest BCUT2D eigenvalue weighted by atomic mass is 9.51. The van der Waals surface area contributed by atoms with Gasteiger partial charge in [-0.15, -0.1) is 0 Å². The molecule has 5 rings (SSSR count). The van der Waals surface area contributed by atoms with Crippen LogP contribution in [0.15, 0.2) is 23.1 Å². The third kappa shape index (κ3) is 4.04. The summed E-state index contributed by atoms with van der Waals surface area (Å²) in [6, 6.07) is 4.10. The minimum atomic E-state index is -4.04. The first-order valence-corrected chi connectivity index (χ1v) is 12.1. The van der Waals surface area contributed by atoms with Crippen LogP contribution in [0.4, 0.5) is 0 Å². The highest BCUT2D eigenvalue weighted by Crippen LogP contribution is 2.57. The zero-order valence-electron chi connectivity index (χ0n) is 16.5. The molecule has 29 heavy (non-hydrogen) atoms. The fraction of sp³-hybridized carbons (Fsp3) is 0.650. The first kappa shape index (κ1) is 21.4. The fourth-order valence-electron chi connectivity index (χ4n) is 5.89. The van der Waals surface area contributed by atoms with Crippen LogP contribution in [0.3, 0.4) is 0 Å². The van der Waals surface area contributed by atoms with E-state index >= 15 is 0 Å². The molecule has 2 atom stereocenters. The van der Waals surface area contributed by atoms with Crippen LogP contribution in [0.25, 0.3) is 0 Å². The van der Waals surface area contributed by atoms with Gasteiger partial charge in [-0.2, -0.15) is 4.72 Å². The molecular weight excluding hydrogens is 435 g/mol. The Kier molecular flexibility index (Phi) is 5.03.